The molecule has 7 aromatic carbocycles. The molecule has 0 saturated carbocycles. The summed E-state index contributed by atoms with van der Waals surface area (Å²) in [7, 11) is 0. The Bertz CT molecular complexity index is 2530. The molecule has 46 heavy (non-hydrogen) atoms. The molecule has 0 unspecified atom stereocenters. The number of hydrogen-bond acceptors (Lipinski definition) is 2. The summed E-state index contributed by atoms with van der Waals surface area (Å²) in [5.74, 6) is 0. The number of halogens is 1. The quantitative estimate of drug-likeness (QED) is 0.177. The molecule has 0 aliphatic heterocycles. The van der Waals surface area contributed by atoms with Crippen molar-refractivity contribution in [1.82, 2.24) is 4.57 Å². The Morgan fingerprint density at radius 1 is 0.478 bits per heavy atom. The van der Waals surface area contributed by atoms with E-state index in [4.69, 9.17) is 0 Å². The molecule has 0 aliphatic rings. The Hall–Kier alpha value is -5.16. The molecule has 0 saturated heterocycles. The van der Waals surface area contributed by atoms with Crippen LogP contribution in [0, 0.1) is 0 Å². The highest BCUT2D eigenvalue weighted by Gasteiger charge is 2.20. The zero-order chi connectivity index (χ0) is 30.6. The summed E-state index contributed by atoms with van der Waals surface area (Å²) in [5, 5.41) is 5.13. The first-order valence-corrected chi connectivity index (χ1v) is 17.0. The SMILES string of the molecule is Brc1cccc(-c2ccc(N(c3ccccc3)c3ccc4c(c3)c3ccc5c6ccccc6sc5c3n4-c3ccccc3)cc2)c1. The normalized spacial score (nSPS) is 11.6. The summed E-state index contributed by atoms with van der Waals surface area (Å²) in [4.78, 5) is 2.35. The number of rotatable bonds is 5. The molecule has 2 aromatic heterocycles. The van der Waals surface area contributed by atoms with Gasteiger partial charge in [-0.05, 0) is 83.9 Å². The summed E-state index contributed by atoms with van der Waals surface area (Å²) < 4.78 is 6.17. The van der Waals surface area contributed by atoms with Crippen LogP contribution in [-0.4, -0.2) is 4.57 Å². The summed E-state index contributed by atoms with van der Waals surface area (Å²) >= 11 is 5.51. The maximum atomic E-state index is 3.62. The molecule has 0 fully saturated rings. The van der Waals surface area contributed by atoms with Crippen LogP contribution in [0.2, 0.25) is 0 Å². The van der Waals surface area contributed by atoms with Crippen molar-refractivity contribution in [2.75, 3.05) is 4.90 Å². The van der Waals surface area contributed by atoms with Gasteiger partial charge in [0.2, 0.25) is 0 Å². The lowest BCUT2D eigenvalue weighted by molar-refractivity contribution is 1.19. The molecule has 2 heterocycles. The van der Waals surface area contributed by atoms with E-state index >= 15 is 0 Å². The molecule has 9 aromatic rings. The van der Waals surface area contributed by atoms with Crippen molar-refractivity contribution in [3.63, 3.8) is 0 Å². The minimum absolute atomic E-state index is 1.08. The Labute approximate surface area is 279 Å². The van der Waals surface area contributed by atoms with Gasteiger partial charge in [-0.25, -0.2) is 0 Å². The van der Waals surface area contributed by atoms with Crippen LogP contribution in [0.4, 0.5) is 17.1 Å². The van der Waals surface area contributed by atoms with Crippen molar-refractivity contribution in [1.29, 1.82) is 0 Å². The van der Waals surface area contributed by atoms with E-state index in [0.717, 1.165) is 21.5 Å². The van der Waals surface area contributed by atoms with Crippen LogP contribution in [0.1, 0.15) is 0 Å². The second-order valence-corrected chi connectivity index (χ2v) is 13.5. The molecule has 0 aliphatic carbocycles. The van der Waals surface area contributed by atoms with E-state index in [1.54, 1.807) is 0 Å². The molecule has 9 rings (SSSR count). The van der Waals surface area contributed by atoms with Crippen LogP contribution in [0.15, 0.2) is 168 Å². The molecule has 0 bridgehead atoms. The third kappa shape index (κ3) is 4.45. The van der Waals surface area contributed by atoms with Crippen LogP contribution < -0.4 is 4.90 Å². The highest BCUT2D eigenvalue weighted by atomic mass is 79.9. The van der Waals surface area contributed by atoms with Crippen LogP contribution in [-0.2, 0) is 0 Å². The molecule has 0 atom stereocenters. The number of anilines is 3. The van der Waals surface area contributed by atoms with Gasteiger partial charge >= 0.3 is 0 Å². The van der Waals surface area contributed by atoms with Gasteiger partial charge in [-0.3, -0.25) is 0 Å². The van der Waals surface area contributed by atoms with Crippen molar-refractivity contribution in [2.24, 2.45) is 0 Å². The number of fused-ring (bicyclic) bond motifs is 7. The number of para-hydroxylation sites is 2. The Morgan fingerprint density at radius 2 is 1.17 bits per heavy atom. The zero-order valence-corrected chi connectivity index (χ0v) is 27.2. The lowest BCUT2D eigenvalue weighted by Crippen LogP contribution is -2.09. The largest absolute Gasteiger partial charge is 0.310 e. The van der Waals surface area contributed by atoms with Gasteiger partial charge in [-0.1, -0.05) is 107 Å². The predicted octanol–water partition coefficient (Wildman–Crippen LogP) is 13.1. The van der Waals surface area contributed by atoms with Gasteiger partial charge < -0.3 is 9.47 Å². The highest BCUT2D eigenvalue weighted by molar-refractivity contribution is 9.10. The summed E-state index contributed by atoms with van der Waals surface area (Å²) in [5.41, 5.74) is 9.37. The first-order valence-electron chi connectivity index (χ1n) is 15.4. The van der Waals surface area contributed by atoms with Gasteiger partial charge in [-0.15, -0.1) is 11.3 Å². The monoisotopic (exact) mass is 670 g/mol. The van der Waals surface area contributed by atoms with Crippen molar-refractivity contribution < 1.29 is 0 Å². The summed E-state index contributed by atoms with van der Waals surface area (Å²) in [6.45, 7) is 0. The van der Waals surface area contributed by atoms with Gasteiger partial charge in [0.25, 0.3) is 0 Å². The van der Waals surface area contributed by atoms with Crippen LogP contribution >= 0.6 is 27.3 Å². The van der Waals surface area contributed by atoms with E-state index in [-0.39, 0.29) is 0 Å². The predicted molar refractivity (Wildman–Crippen MR) is 201 cm³/mol. The average molecular weight is 672 g/mol. The first kappa shape index (κ1) is 27.2. The van der Waals surface area contributed by atoms with Crippen molar-refractivity contribution in [3.8, 4) is 16.8 Å². The van der Waals surface area contributed by atoms with E-state index in [9.17, 15) is 0 Å². The minimum Gasteiger partial charge on any atom is -0.310 e. The molecule has 4 heteroatoms. The topological polar surface area (TPSA) is 8.17 Å². The highest BCUT2D eigenvalue weighted by Crippen LogP contribution is 2.45. The van der Waals surface area contributed by atoms with E-state index < -0.39 is 0 Å². The number of nitrogens with zero attached hydrogens (tertiary/aromatic N) is 2. The fraction of sp³-hybridized carbons (Fsp3) is 0. The van der Waals surface area contributed by atoms with E-state index in [2.05, 4.69) is 189 Å². The molecule has 218 valence electrons. The van der Waals surface area contributed by atoms with Crippen molar-refractivity contribution in [3.05, 3.63) is 168 Å². The third-order valence-corrected chi connectivity index (χ3v) is 10.5. The number of benzene rings is 7. The van der Waals surface area contributed by atoms with Crippen molar-refractivity contribution >= 4 is 86.3 Å². The van der Waals surface area contributed by atoms with Crippen LogP contribution in [0.25, 0.3) is 58.8 Å². The maximum absolute atomic E-state index is 3.62. The summed E-state index contributed by atoms with van der Waals surface area (Å²) in [6.07, 6.45) is 0. The second kappa shape index (κ2) is 11.0. The number of thiophene rings is 1. The van der Waals surface area contributed by atoms with E-state index in [0.29, 0.717) is 0 Å². The van der Waals surface area contributed by atoms with E-state index in [1.807, 2.05) is 11.3 Å². The number of aromatic nitrogens is 1. The second-order valence-electron chi connectivity index (χ2n) is 11.5. The van der Waals surface area contributed by atoms with Gasteiger partial charge in [0, 0.05) is 53.5 Å². The van der Waals surface area contributed by atoms with Crippen LogP contribution in [0.5, 0.6) is 0 Å². The Kier molecular flexibility index (Phi) is 6.51. The fourth-order valence-corrected chi connectivity index (χ4v) is 8.39. The Balaban J connectivity index is 1.28. The lowest BCUT2D eigenvalue weighted by Gasteiger charge is -2.26. The third-order valence-electron chi connectivity index (χ3n) is 8.83. The fourth-order valence-electron chi connectivity index (χ4n) is 6.75. The lowest BCUT2D eigenvalue weighted by atomic mass is 10.0. The molecular weight excluding hydrogens is 644 g/mol. The molecule has 2 nitrogen and oxygen atoms in total. The van der Waals surface area contributed by atoms with Crippen molar-refractivity contribution in [2.45, 2.75) is 0 Å². The minimum atomic E-state index is 1.08. The van der Waals surface area contributed by atoms with E-state index in [1.165, 1.54) is 58.8 Å². The first-order chi connectivity index (χ1) is 22.7. The number of hydrogen-bond donors (Lipinski definition) is 0. The smallest absolute Gasteiger partial charge is 0.0719 e. The van der Waals surface area contributed by atoms with Gasteiger partial charge in [-0.2, -0.15) is 0 Å². The summed E-state index contributed by atoms with van der Waals surface area (Å²) in [6, 6.07) is 59.1. The van der Waals surface area contributed by atoms with Gasteiger partial charge in [0.1, 0.15) is 0 Å². The zero-order valence-electron chi connectivity index (χ0n) is 24.8. The van der Waals surface area contributed by atoms with Crippen LogP contribution in [0.3, 0.4) is 0 Å². The van der Waals surface area contributed by atoms with Gasteiger partial charge in [0.15, 0.2) is 0 Å². The maximum Gasteiger partial charge on any atom is 0.0719 e. The molecule has 0 spiro atoms. The molecule has 0 amide bonds. The standard InChI is InChI=1S/C42H27BrN2S/c43-30-11-9-10-29(26-30)28-18-20-33(21-19-28)44(31-12-3-1-4-13-31)34-22-25-39-38(27-34)36-23-24-37-35-16-7-8-17-40(35)46-42(37)41(36)45(39)32-14-5-2-6-15-32/h1-27H. The Morgan fingerprint density at radius 3 is 1.98 bits per heavy atom. The molecule has 0 radical (unpaired) electrons. The average Bonchev–Trinajstić information content (AvgIpc) is 3.65. The molecule has 0 N–H and O–H groups in total. The van der Waals surface area contributed by atoms with Gasteiger partial charge in [0.05, 0.1) is 15.7 Å². The molecular formula is C42H27BrN2S.